The van der Waals surface area contributed by atoms with Crippen LogP contribution in [0.4, 0.5) is 36.7 Å². The molecule has 0 atom stereocenters. The first-order chi connectivity index (χ1) is 16.2. The van der Waals surface area contributed by atoms with E-state index in [0.717, 1.165) is 23.5 Å². The van der Waals surface area contributed by atoms with Crippen LogP contribution in [0.3, 0.4) is 0 Å². The third kappa shape index (κ3) is 5.61. The number of halogens is 3. The summed E-state index contributed by atoms with van der Waals surface area (Å²) in [7, 11) is 0. The summed E-state index contributed by atoms with van der Waals surface area (Å²) in [5, 5.41) is 2.84. The van der Waals surface area contributed by atoms with Gasteiger partial charge in [-0.15, -0.1) is 0 Å². The van der Waals surface area contributed by atoms with Gasteiger partial charge in [-0.05, 0) is 45.0 Å². The Morgan fingerprint density at radius 1 is 0.882 bits per heavy atom. The summed E-state index contributed by atoms with van der Waals surface area (Å²) < 4.78 is 44.7. The third-order valence-electron chi connectivity index (χ3n) is 5.14. The maximum atomic E-state index is 13.1. The average molecular weight is 474 g/mol. The normalized spacial score (nSPS) is 14.3. The highest BCUT2D eigenvalue weighted by atomic mass is 19.4. The van der Waals surface area contributed by atoms with Crippen LogP contribution in [-0.2, 0) is 6.18 Å². The molecule has 0 radical (unpaired) electrons. The molecular formula is C22H25F3N8O. The van der Waals surface area contributed by atoms with E-state index in [-0.39, 0.29) is 17.6 Å². The summed E-state index contributed by atoms with van der Waals surface area (Å²) in [6.45, 7) is 8.55. The molecule has 0 amide bonds. The first-order valence-corrected chi connectivity index (χ1v) is 10.9. The molecule has 0 spiro atoms. The second-order valence-corrected chi connectivity index (χ2v) is 7.80. The molecule has 2 aromatic heterocycles. The molecule has 1 aliphatic heterocycles. The molecule has 0 bridgehead atoms. The second kappa shape index (κ2) is 9.65. The quantitative estimate of drug-likeness (QED) is 0.573. The van der Waals surface area contributed by atoms with Gasteiger partial charge in [0.15, 0.2) is 0 Å². The molecule has 180 valence electrons. The van der Waals surface area contributed by atoms with Gasteiger partial charge in [0.05, 0.1) is 12.2 Å². The van der Waals surface area contributed by atoms with Crippen LogP contribution in [0.1, 0.15) is 23.9 Å². The Balaban J connectivity index is 1.52. The fraction of sp³-hybridized carbons (Fsp3) is 0.409. The van der Waals surface area contributed by atoms with Crippen LogP contribution in [0.2, 0.25) is 0 Å². The van der Waals surface area contributed by atoms with Crippen molar-refractivity contribution in [2.45, 2.75) is 26.9 Å². The average Bonchev–Trinajstić information content (AvgIpc) is 2.78. The SMILES string of the molecule is CCOc1nc(Nc2cccc(C(F)(F)F)c2)nc(N2CCN(c3nc(C)cc(C)n3)CC2)n1. The molecule has 0 aliphatic carbocycles. The van der Waals surface area contributed by atoms with Crippen molar-refractivity contribution >= 4 is 23.5 Å². The van der Waals surface area contributed by atoms with Gasteiger partial charge in [0.1, 0.15) is 0 Å². The van der Waals surface area contributed by atoms with Crippen molar-refractivity contribution in [1.29, 1.82) is 0 Å². The largest absolute Gasteiger partial charge is 0.464 e. The molecule has 1 aromatic carbocycles. The number of alkyl halides is 3. The van der Waals surface area contributed by atoms with Gasteiger partial charge in [-0.25, -0.2) is 9.97 Å². The van der Waals surface area contributed by atoms with Gasteiger partial charge in [0.25, 0.3) is 0 Å². The minimum absolute atomic E-state index is 0.0991. The van der Waals surface area contributed by atoms with Crippen molar-refractivity contribution in [3.63, 3.8) is 0 Å². The number of nitrogens with one attached hydrogen (secondary N) is 1. The van der Waals surface area contributed by atoms with Gasteiger partial charge in [-0.3, -0.25) is 0 Å². The zero-order chi connectivity index (χ0) is 24.3. The van der Waals surface area contributed by atoms with E-state index in [1.165, 1.54) is 12.1 Å². The highest BCUT2D eigenvalue weighted by molar-refractivity contribution is 5.56. The summed E-state index contributed by atoms with van der Waals surface area (Å²) in [4.78, 5) is 26.1. The zero-order valence-electron chi connectivity index (χ0n) is 19.1. The molecule has 34 heavy (non-hydrogen) atoms. The molecule has 0 saturated carbocycles. The fourth-order valence-corrected chi connectivity index (χ4v) is 3.59. The lowest BCUT2D eigenvalue weighted by Gasteiger charge is -2.34. The topological polar surface area (TPSA) is 92.2 Å². The number of rotatable bonds is 6. The maximum Gasteiger partial charge on any atom is 0.416 e. The number of nitrogens with zero attached hydrogens (tertiary/aromatic N) is 7. The maximum absolute atomic E-state index is 13.1. The van der Waals surface area contributed by atoms with Gasteiger partial charge in [-0.1, -0.05) is 6.07 Å². The van der Waals surface area contributed by atoms with E-state index in [2.05, 4.69) is 35.1 Å². The minimum atomic E-state index is -4.45. The second-order valence-electron chi connectivity index (χ2n) is 7.80. The van der Waals surface area contributed by atoms with Gasteiger partial charge in [0, 0.05) is 43.3 Å². The summed E-state index contributed by atoms with van der Waals surface area (Å²) >= 11 is 0. The number of benzene rings is 1. The minimum Gasteiger partial charge on any atom is -0.464 e. The number of anilines is 4. The number of hydrogen-bond donors (Lipinski definition) is 1. The van der Waals surface area contributed by atoms with Crippen molar-refractivity contribution < 1.29 is 17.9 Å². The van der Waals surface area contributed by atoms with Crippen molar-refractivity contribution in [2.75, 3.05) is 47.9 Å². The Kier molecular flexibility index (Phi) is 6.66. The summed E-state index contributed by atoms with van der Waals surface area (Å²) in [5.74, 6) is 1.18. The van der Waals surface area contributed by atoms with Crippen molar-refractivity contribution in [3.05, 3.63) is 47.3 Å². The number of piperazine rings is 1. The summed E-state index contributed by atoms with van der Waals surface area (Å²) in [6, 6.07) is 6.88. The highest BCUT2D eigenvalue weighted by Crippen LogP contribution is 2.31. The van der Waals surface area contributed by atoms with E-state index in [1.807, 2.05) is 24.8 Å². The predicted octanol–water partition coefficient (Wildman–Crippen LogP) is 3.77. The molecule has 1 saturated heterocycles. The number of aromatic nitrogens is 5. The Hall–Kier alpha value is -3.70. The van der Waals surface area contributed by atoms with E-state index < -0.39 is 11.7 Å². The molecule has 1 aliphatic rings. The molecule has 3 heterocycles. The highest BCUT2D eigenvalue weighted by Gasteiger charge is 2.30. The number of hydrogen-bond acceptors (Lipinski definition) is 9. The standard InChI is InChI=1S/C22H25F3N8O/c1-4-34-21-30-18(28-17-7-5-6-16(13-17)22(23,24)25)29-20(31-21)33-10-8-32(9-11-33)19-26-14(2)12-15(3)27-19/h5-7,12-13H,4,8-11H2,1-3H3,(H,28,29,30,31). The first-order valence-electron chi connectivity index (χ1n) is 10.9. The monoisotopic (exact) mass is 474 g/mol. The number of ether oxygens (including phenoxy) is 1. The third-order valence-corrected chi connectivity index (χ3v) is 5.14. The lowest BCUT2D eigenvalue weighted by atomic mass is 10.2. The van der Waals surface area contributed by atoms with Gasteiger partial charge in [0.2, 0.25) is 17.8 Å². The smallest absolute Gasteiger partial charge is 0.416 e. The summed E-state index contributed by atoms with van der Waals surface area (Å²) in [6.07, 6.45) is -4.45. The van der Waals surface area contributed by atoms with Crippen LogP contribution in [0, 0.1) is 13.8 Å². The van der Waals surface area contributed by atoms with E-state index in [1.54, 1.807) is 6.92 Å². The molecule has 1 fully saturated rings. The predicted molar refractivity (Wildman–Crippen MR) is 122 cm³/mol. The van der Waals surface area contributed by atoms with Crippen LogP contribution < -0.4 is 19.9 Å². The van der Waals surface area contributed by atoms with Crippen LogP contribution in [0.25, 0.3) is 0 Å². The van der Waals surface area contributed by atoms with Crippen LogP contribution in [0.15, 0.2) is 30.3 Å². The van der Waals surface area contributed by atoms with Crippen LogP contribution in [-0.4, -0.2) is 57.7 Å². The van der Waals surface area contributed by atoms with E-state index in [0.29, 0.717) is 44.7 Å². The van der Waals surface area contributed by atoms with E-state index in [4.69, 9.17) is 4.74 Å². The first kappa shape index (κ1) is 23.5. The zero-order valence-corrected chi connectivity index (χ0v) is 19.1. The molecule has 9 nitrogen and oxygen atoms in total. The van der Waals surface area contributed by atoms with Crippen molar-refractivity contribution in [3.8, 4) is 6.01 Å². The van der Waals surface area contributed by atoms with Crippen molar-refractivity contribution in [2.24, 2.45) is 0 Å². The van der Waals surface area contributed by atoms with Crippen LogP contribution >= 0.6 is 0 Å². The van der Waals surface area contributed by atoms with Gasteiger partial charge < -0.3 is 19.9 Å². The Morgan fingerprint density at radius 2 is 1.50 bits per heavy atom. The molecule has 12 heteroatoms. The van der Waals surface area contributed by atoms with Crippen molar-refractivity contribution in [1.82, 2.24) is 24.9 Å². The lowest BCUT2D eigenvalue weighted by molar-refractivity contribution is -0.137. The Bertz CT molecular complexity index is 1130. The van der Waals surface area contributed by atoms with E-state index >= 15 is 0 Å². The number of aryl methyl sites for hydroxylation is 2. The van der Waals surface area contributed by atoms with Crippen LogP contribution in [0.5, 0.6) is 6.01 Å². The summed E-state index contributed by atoms with van der Waals surface area (Å²) in [5.41, 5.74) is 1.27. The van der Waals surface area contributed by atoms with Gasteiger partial charge in [-0.2, -0.15) is 28.1 Å². The molecule has 0 unspecified atom stereocenters. The Labute approximate surface area is 195 Å². The molecule has 4 rings (SSSR count). The molecule has 3 aromatic rings. The fourth-order valence-electron chi connectivity index (χ4n) is 3.59. The molecule has 1 N–H and O–H groups in total. The van der Waals surface area contributed by atoms with E-state index in [9.17, 15) is 13.2 Å². The lowest BCUT2D eigenvalue weighted by Crippen LogP contribution is -2.47. The Morgan fingerprint density at radius 3 is 2.09 bits per heavy atom. The molecular weight excluding hydrogens is 449 g/mol. The van der Waals surface area contributed by atoms with Gasteiger partial charge >= 0.3 is 12.2 Å².